The lowest BCUT2D eigenvalue weighted by Crippen LogP contribution is -1.93. The van der Waals surface area contributed by atoms with Crippen LogP contribution < -0.4 is 5.76 Å². The molecule has 1 heterocycles. The quantitative estimate of drug-likeness (QED) is 0.555. The first kappa shape index (κ1) is 8.17. The highest BCUT2D eigenvalue weighted by molar-refractivity contribution is 6.02. The lowest BCUT2D eigenvalue weighted by atomic mass is 10.1. The Morgan fingerprint density at radius 3 is 2.80 bits per heavy atom. The molecule has 3 aromatic rings. The van der Waals surface area contributed by atoms with Crippen molar-refractivity contribution >= 4 is 21.9 Å². The van der Waals surface area contributed by atoms with Crippen molar-refractivity contribution in [2.24, 2.45) is 0 Å². The first-order chi connectivity index (χ1) is 7.34. The van der Waals surface area contributed by atoms with Crippen LogP contribution in [0.2, 0.25) is 0 Å². The minimum atomic E-state index is -0.538. The van der Waals surface area contributed by atoms with Gasteiger partial charge in [0.25, 0.3) is 0 Å². The molecule has 3 heteroatoms. The number of benzene rings is 1. The van der Waals surface area contributed by atoms with Gasteiger partial charge in [0.05, 0.1) is 0 Å². The van der Waals surface area contributed by atoms with E-state index in [0.29, 0.717) is 11.1 Å². The van der Waals surface area contributed by atoms with Gasteiger partial charge in [0.1, 0.15) is 5.52 Å². The van der Waals surface area contributed by atoms with E-state index in [1.807, 2.05) is 36.4 Å². The summed E-state index contributed by atoms with van der Waals surface area (Å²) >= 11 is 0. The average Bonchev–Trinajstić information content (AvgIpc) is 2.48. The third-order valence-electron chi connectivity index (χ3n) is 2.38. The molecule has 0 aliphatic rings. The standard InChI is InChI=1S/C12H7NO2/c14-12-13-11-9-5-3-1-2-4-8(9)6-7-10(11)15-12/h1-7H. The van der Waals surface area contributed by atoms with Crippen LogP contribution >= 0.6 is 0 Å². The molecule has 3 rings (SSSR count). The molecule has 0 bridgehead atoms. The molecule has 0 aliphatic heterocycles. The fraction of sp³-hybridized carbons (Fsp3) is 0. The number of oxazole rings is 1. The summed E-state index contributed by atoms with van der Waals surface area (Å²) in [6.45, 7) is 0. The zero-order valence-corrected chi connectivity index (χ0v) is 7.81. The van der Waals surface area contributed by atoms with Crippen LogP contribution in [0.1, 0.15) is 0 Å². The summed E-state index contributed by atoms with van der Waals surface area (Å²) < 4.78 is 4.94. The number of hydrogen-bond donors (Lipinski definition) is 0. The number of hydrogen-bond acceptors (Lipinski definition) is 3. The summed E-state index contributed by atoms with van der Waals surface area (Å²) in [6.07, 6.45) is 0. The van der Waals surface area contributed by atoms with Gasteiger partial charge in [-0.2, -0.15) is 4.98 Å². The molecular formula is C12H7NO2. The normalized spacial score (nSPS) is 10.9. The summed E-state index contributed by atoms with van der Waals surface area (Å²) in [6, 6.07) is 13.4. The Kier molecular flexibility index (Phi) is 1.59. The van der Waals surface area contributed by atoms with E-state index in [9.17, 15) is 4.79 Å². The second-order valence-electron chi connectivity index (χ2n) is 3.31. The summed E-state index contributed by atoms with van der Waals surface area (Å²) in [5, 5.41) is 1.98. The van der Waals surface area contributed by atoms with Crippen molar-refractivity contribution < 1.29 is 4.42 Å². The van der Waals surface area contributed by atoms with Crippen molar-refractivity contribution in [1.29, 1.82) is 0 Å². The molecule has 0 unspecified atom stereocenters. The van der Waals surface area contributed by atoms with E-state index in [1.165, 1.54) is 0 Å². The van der Waals surface area contributed by atoms with Crippen molar-refractivity contribution in [1.82, 2.24) is 4.98 Å². The average molecular weight is 197 g/mol. The highest BCUT2D eigenvalue weighted by atomic mass is 16.4. The Balaban J connectivity index is 2.65. The van der Waals surface area contributed by atoms with Crippen LogP contribution in [-0.4, -0.2) is 4.98 Å². The van der Waals surface area contributed by atoms with E-state index in [2.05, 4.69) is 4.98 Å². The van der Waals surface area contributed by atoms with Crippen molar-refractivity contribution in [3.63, 3.8) is 0 Å². The zero-order valence-electron chi connectivity index (χ0n) is 7.81. The van der Waals surface area contributed by atoms with Crippen LogP contribution in [-0.2, 0) is 0 Å². The maximum atomic E-state index is 11.0. The van der Waals surface area contributed by atoms with Gasteiger partial charge in [-0.3, -0.25) is 0 Å². The Morgan fingerprint density at radius 1 is 1.00 bits per heavy atom. The summed E-state index contributed by atoms with van der Waals surface area (Å²) in [5.74, 6) is -0.538. The topological polar surface area (TPSA) is 43.1 Å². The van der Waals surface area contributed by atoms with Crippen molar-refractivity contribution in [2.75, 3.05) is 0 Å². The third kappa shape index (κ3) is 1.21. The van der Waals surface area contributed by atoms with Crippen LogP contribution in [0.4, 0.5) is 0 Å². The molecule has 0 spiro atoms. The number of aromatic nitrogens is 1. The molecular weight excluding hydrogens is 190 g/mol. The maximum Gasteiger partial charge on any atom is 0.439 e. The molecule has 0 atom stereocenters. The second-order valence-corrected chi connectivity index (χ2v) is 3.31. The molecule has 15 heavy (non-hydrogen) atoms. The van der Waals surface area contributed by atoms with E-state index in [0.717, 1.165) is 10.8 Å². The van der Waals surface area contributed by atoms with Crippen LogP contribution in [0.3, 0.4) is 0 Å². The van der Waals surface area contributed by atoms with Crippen molar-refractivity contribution in [3.05, 3.63) is 53.0 Å². The third-order valence-corrected chi connectivity index (χ3v) is 2.38. The number of fused-ring (bicyclic) bond motifs is 3. The van der Waals surface area contributed by atoms with E-state index in [-0.39, 0.29) is 0 Å². The molecule has 0 radical (unpaired) electrons. The Morgan fingerprint density at radius 2 is 1.87 bits per heavy atom. The monoisotopic (exact) mass is 197 g/mol. The van der Waals surface area contributed by atoms with Crippen molar-refractivity contribution in [2.45, 2.75) is 0 Å². The minimum absolute atomic E-state index is 0.538. The first-order valence-corrected chi connectivity index (χ1v) is 4.63. The van der Waals surface area contributed by atoms with Crippen LogP contribution in [0.5, 0.6) is 0 Å². The van der Waals surface area contributed by atoms with E-state index >= 15 is 0 Å². The first-order valence-electron chi connectivity index (χ1n) is 4.63. The van der Waals surface area contributed by atoms with E-state index < -0.39 is 5.76 Å². The highest BCUT2D eigenvalue weighted by Crippen LogP contribution is 2.21. The van der Waals surface area contributed by atoms with Gasteiger partial charge in [-0.05, 0) is 11.5 Å². The molecule has 0 amide bonds. The Bertz CT molecular complexity index is 700. The summed E-state index contributed by atoms with van der Waals surface area (Å²) in [7, 11) is 0. The van der Waals surface area contributed by atoms with Crippen LogP contribution in [0, 0.1) is 0 Å². The van der Waals surface area contributed by atoms with Gasteiger partial charge < -0.3 is 4.42 Å². The largest absolute Gasteiger partial charge is 0.439 e. The number of rotatable bonds is 0. The zero-order chi connectivity index (χ0) is 10.3. The highest BCUT2D eigenvalue weighted by Gasteiger charge is 2.05. The Labute approximate surface area is 85.0 Å². The van der Waals surface area contributed by atoms with Gasteiger partial charge >= 0.3 is 5.76 Å². The van der Waals surface area contributed by atoms with Gasteiger partial charge in [0.2, 0.25) is 0 Å². The molecule has 0 aliphatic carbocycles. The van der Waals surface area contributed by atoms with Crippen LogP contribution in [0.15, 0.2) is 51.7 Å². The fourth-order valence-electron chi connectivity index (χ4n) is 1.71. The van der Waals surface area contributed by atoms with E-state index in [1.54, 1.807) is 6.07 Å². The predicted molar refractivity (Wildman–Crippen MR) is 57.8 cm³/mol. The summed E-state index contributed by atoms with van der Waals surface area (Å²) in [4.78, 5) is 14.9. The molecule has 0 fully saturated rings. The molecule has 1 aromatic heterocycles. The maximum absolute atomic E-state index is 11.0. The molecule has 0 saturated carbocycles. The fourth-order valence-corrected chi connectivity index (χ4v) is 1.71. The second kappa shape index (κ2) is 2.92. The van der Waals surface area contributed by atoms with E-state index in [4.69, 9.17) is 4.42 Å². The lowest BCUT2D eigenvalue weighted by Gasteiger charge is -1.91. The minimum Gasteiger partial charge on any atom is -0.406 e. The molecule has 72 valence electrons. The lowest BCUT2D eigenvalue weighted by molar-refractivity contribution is 0.555. The molecule has 3 nitrogen and oxygen atoms in total. The smallest absolute Gasteiger partial charge is 0.406 e. The van der Waals surface area contributed by atoms with Crippen molar-refractivity contribution in [3.8, 4) is 0 Å². The molecule has 2 aromatic carbocycles. The predicted octanol–water partition coefficient (Wildman–Crippen LogP) is 2.34. The molecule has 0 saturated heterocycles. The van der Waals surface area contributed by atoms with Gasteiger partial charge in [-0.15, -0.1) is 0 Å². The van der Waals surface area contributed by atoms with Crippen LogP contribution in [0.25, 0.3) is 21.9 Å². The summed E-state index contributed by atoms with van der Waals surface area (Å²) in [5.41, 5.74) is 1.17. The number of nitrogens with zero attached hydrogens (tertiary/aromatic N) is 1. The molecule has 0 N–H and O–H groups in total. The van der Waals surface area contributed by atoms with Gasteiger partial charge in [0.15, 0.2) is 5.58 Å². The van der Waals surface area contributed by atoms with Gasteiger partial charge in [-0.25, -0.2) is 4.79 Å². The van der Waals surface area contributed by atoms with Gasteiger partial charge in [-0.1, -0.05) is 36.4 Å². The Hall–Kier alpha value is -2.16. The van der Waals surface area contributed by atoms with Gasteiger partial charge in [0, 0.05) is 5.39 Å². The SMILES string of the molecule is O=c1nc2c(ccc3cccccc32)o1.